The van der Waals surface area contributed by atoms with Gasteiger partial charge in [0.05, 0.1) is 9.92 Å². The van der Waals surface area contributed by atoms with Gasteiger partial charge in [-0.05, 0) is 42.3 Å². The Morgan fingerprint density at radius 3 is 2.52 bits per heavy atom. The van der Waals surface area contributed by atoms with Crippen LogP contribution in [0.2, 0.25) is 5.02 Å². The molecule has 0 aliphatic rings. The minimum atomic E-state index is -3.55. The molecule has 0 aliphatic carbocycles. The number of nitrogens with one attached hydrogen (secondary N) is 1. The summed E-state index contributed by atoms with van der Waals surface area (Å²) >= 11 is 5.96. The molecule has 25 heavy (non-hydrogen) atoms. The van der Waals surface area contributed by atoms with Crippen LogP contribution in [0.5, 0.6) is 11.5 Å². The van der Waals surface area contributed by atoms with Crippen molar-refractivity contribution in [3.05, 3.63) is 53.1 Å². The van der Waals surface area contributed by atoms with E-state index in [-0.39, 0.29) is 16.4 Å². The van der Waals surface area contributed by atoms with Crippen LogP contribution in [-0.2, 0) is 10.0 Å². The van der Waals surface area contributed by atoms with E-state index in [0.29, 0.717) is 23.1 Å². The molecular formula is C18H19ClN2O3S. The molecule has 0 spiro atoms. The zero-order chi connectivity index (χ0) is 18.4. The van der Waals surface area contributed by atoms with Crippen molar-refractivity contribution < 1.29 is 13.2 Å². The zero-order valence-electron chi connectivity index (χ0n) is 14.0. The summed E-state index contributed by atoms with van der Waals surface area (Å²) in [6, 6.07) is 12.9. The summed E-state index contributed by atoms with van der Waals surface area (Å²) in [6.07, 6.45) is 0.899. The Morgan fingerprint density at radius 2 is 1.92 bits per heavy atom. The van der Waals surface area contributed by atoms with Crippen molar-refractivity contribution in [2.75, 3.05) is 6.54 Å². The van der Waals surface area contributed by atoms with Gasteiger partial charge in [0.1, 0.15) is 23.1 Å². The van der Waals surface area contributed by atoms with E-state index in [9.17, 15) is 8.42 Å². The number of sulfonamides is 1. The first-order chi connectivity index (χ1) is 11.9. The molecule has 0 radical (unpaired) electrons. The Balaban J connectivity index is 2.15. The summed E-state index contributed by atoms with van der Waals surface area (Å²) in [5.41, 5.74) is 0.232. The summed E-state index contributed by atoms with van der Waals surface area (Å²) in [4.78, 5) is 0.162. The van der Waals surface area contributed by atoms with Crippen LogP contribution in [0.4, 0.5) is 0 Å². The number of hydrogen-bond acceptors (Lipinski definition) is 4. The fourth-order valence-corrected chi connectivity index (χ4v) is 3.36. The van der Waals surface area contributed by atoms with Crippen molar-refractivity contribution in [1.82, 2.24) is 4.72 Å². The van der Waals surface area contributed by atoms with Gasteiger partial charge in [-0.2, -0.15) is 5.26 Å². The van der Waals surface area contributed by atoms with E-state index in [4.69, 9.17) is 21.6 Å². The molecule has 0 aromatic heterocycles. The maximum absolute atomic E-state index is 12.3. The van der Waals surface area contributed by atoms with Crippen LogP contribution in [0.15, 0.2) is 47.4 Å². The van der Waals surface area contributed by atoms with Gasteiger partial charge in [0.15, 0.2) is 0 Å². The molecule has 0 aliphatic heterocycles. The molecule has 1 atom stereocenters. The normalized spacial score (nSPS) is 12.4. The van der Waals surface area contributed by atoms with E-state index in [1.54, 1.807) is 30.3 Å². The topological polar surface area (TPSA) is 79.2 Å². The summed E-state index contributed by atoms with van der Waals surface area (Å²) in [7, 11) is -3.55. The molecule has 5 nitrogen and oxygen atoms in total. The Labute approximate surface area is 153 Å². The average Bonchev–Trinajstić information content (AvgIpc) is 2.60. The van der Waals surface area contributed by atoms with Gasteiger partial charge in [-0.15, -0.1) is 0 Å². The SMILES string of the molecule is CCC(C)CNS(=O)(=O)c1ccc(Oc2cccc(Cl)c2C#N)cc1. The van der Waals surface area contributed by atoms with Crippen molar-refractivity contribution in [2.45, 2.75) is 25.2 Å². The molecule has 1 N–H and O–H groups in total. The summed E-state index contributed by atoms with van der Waals surface area (Å²) < 4.78 is 32.7. The molecule has 7 heteroatoms. The predicted octanol–water partition coefficient (Wildman–Crippen LogP) is 4.33. The first-order valence-corrected chi connectivity index (χ1v) is 9.69. The number of ether oxygens (including phenoxy) is 1. The molecule has 1 unspecified atom stereocenters. The third kappa shape index (κ3) is 4.95. The molecule has 2 aromatic rings. The van der Waals surface area contributed by atoms with Crippen molar-refractivity contribution in [3.8, 4) is 17.6 Å². The minimum Gasteiger partial charge on any atom is -0.456 e. The number of nitrogens with zero attached hydrogens (tertiary/aromatic N) is 1. The highest BCUT2D eigenvalue weighted by Gasteiger charge is 2.15. The van der Waals surface area contributed by atoms with Crippen molar-refractivity contribution >= 4 is 21.6 Å². The van der Waals surface area contributed by atoms with Gasteiger partial charge >= 0.3 is 0 Å². The Morgan fingerprint density at radius 1 is 1.24 bits per heavy atom. The highest BCUT2D eigenvalue weighted by molar-refractivity contribution is 7.89. The highest BCUT2D eigenvalue weighted by Crippen LogP contribution is 2.30. The maximum atomic E-state index is 12.3. The quantitative estimate of drug-likeness (QED) is 0.777. The maximum Gasteiger partial charge on any atom is 0.240 e. The van der Waals surface area contributed by atoms with E-state index in [0.717, 1.165) is 6.42 Å². The van der Waals surface area contributed by atoms with Crippen LogP contribution in [0.3, 0.4) is 0 Å². The van der Waals surface area contributed by atoms with E-state index >= 15 is 0 Å². The lowest BCUT2D eigenvalue weighted by atomic mass is 10.1. The third-order valence-corrected chi connectivity index (χ3v) is 5.52. The van der Waals surface area contributed by atoms with Gasteiger partial charge in [-0.25, -0.2) is 13.1 Å². The Kier molecular flexibility index (Phi) is 6.43. The monoisotopic (exact) mass is 378 g/mol. The van der Waals surface area contributed by atoms with Crippen LogP contribution in [-0.4, -0.2) is 15.0 Å². The lowest BCUT2D eigenvalue weighted by Crippen LogP contribution is -2.28. The second kappa shape index (κ2) is 8.34. The van der Waals surface area contributed by atoms with Crippen molar-refractivity contribution in [3.63, 3.8) is 0 Å². The molecule has 132 valence electrons. The van der Waals surface area contributed by atoms with Gasteiger partial charge < -0.3 is 4.74 Å². The Bertz CT molecular complexity index is 874. The molecule has 0 saturated heterocycles. The fraction of sp³-hybridized carbons (Fsp3) is 0.278. The van der Waals surface area contributed by atoms with Crippen LogP contribution in [0.1, 0.15) is 25.8 Å². The lowest BCUT2D eigenvalue weighted by molar-refractivity contribution is 0.480. The molecule has 0 bridgehead atoms. The third-order valence-electron chi connectivity index (χ3n) is 3.77. The second-order valence-corrected chi connectivity index (χ2v) is 7.84. The van der Waals surface area contributed by atoms with E-state index < -0.39 is 10.0 Å². The molecular weight excluding hydrogens is 360 g/mol. The van der Waals surface area contributed by atoms with E-state index in [1.165, 1.54) is 12.1 Å². The minimum absolute atomic E-state index is 0.162. The second-order valence-electron chi connectivity index (χ2n) is 5.66. The molecule has 0 amide bonds. The fourth-order valence-electron chi connectivity index (χ4n) is 1.99. The smallest absolute Gasteiger partial charge is 0.240 e. The van der Waals surface area contributed by atoms with Crippen molar-refractivity contribution in [2.24, 2.45) is 5.92 Å². The van der Waals surface area contributed by atoms with Crippen LogP contribution in [0.25, 0.3) is 0 Å². The molecule has 0 saturated carbocycles. The van der Waals surface area contributed by atoms with E-state index in [1.807, 2.05) is 19.9 Å². The van der Waals surface area contributed by atoms with Crippen molar-refractivity contribution in [1.29, 1.82) is 5.26 Å². The van der Waals surface area contributed by atoms with Gasteiger partial charge in [-0.1, -0.05) is 37.9 Å². The largest absolute Gasteiger partial charge is 0.456 e. The first-order valence-electron chi connectivity index (χ1n) is 7.83. The summed E-state index contributed by atoms with van der Waals surface area (Å²) in [5.74, 6) is 1.00. The number of benzene rings is 2. The highest BCUT2D eigenvalue weighted by atomic mass is 35.5. The number of hydrogen-bond donors (Lipinski definition) is 1. The Hall–Kier alpha value is -2.07. The molecule has 2 aromatic carbocycles. The van der Waals surface area contributed by atoms with E-state index in [2.05, 4.69) is 4.72 Å². The predicted molar refractivity (Wildman–Crippen MR) is 97.3 cm³/mol. The lowest BCUT2D eigenvalue weighted by Gasteiger charge is -2.12. The zero-order valence-corrected chi connectivity index (χ0v) is 15.6. The average molecular weight is 379 g/mol. The van der Waals surface area contributed by atoms with Gasteiger partial charge in [0.25, 0.3) is 0 Å². The van der Waals surface area contributed by atoms with Gasteiger partial charge in [-0.3, -0.25) is 0 Å². The van der Waals surface area contributed by atoms with Crippen LogP contribution < -0.4 is 9.46 Å². The number of nitriles is 1. The van der Waals surface area contributed by atoms with Crippen LogP contribution in [0, 0.1) is 17.2 Å². The number of rotatable bonds is 7. The molecule has 0 fully saturated rings. The standard InChI is InChI=1S/C18H19ClN2O3S/c1-3-13(2)12-21-25(22,23)15-9-7-14(8-10-15)24-18-6-4-5-17(19)16(18)11-20/h4-10,13,21H,3,12H2,1-2H3. The summed E-state index contributed by atoms with van der Waals surface area (Å²) in [5, 5.41) is 9.45. The molecule has 2 rings (SSSR count). The molecule has 0 heterocycles. The van der Waals surface area contributed by atoms with Gasteiger partial charge in [0.2, 0.25) is 10.0 Å². The van der Waals surface area contributed by atoms with Crippen LogP contribution >= 0.6 is 11.6 Å². The summed E-state index contributed by atoms with van der Waals surface area (Å²) in [6.45, 7) is 4.39. The van der Waals surface area contributed by atoms with Gasteiger partial charge in [0, 0.05) is 6.54 Å². The first kappa shape index (κ1) is 19.3. The number of halogens is 1.